The van der Waals surface area contributed by atoms with Crippen LogP contribution in [0.4, 0.5) is 4.39 Å². The van der Waals surface area contributed by atoms with Crippen molar-refractivity contribution in [3.63, 3.8) is 0 Å². The van der Waals surface area contributed by atoms with Crippen molar-refractivity contribution in [3.8, 4) is 0 Å². The van der Waals surface area contributed by atoms with E-state index in [-0.39, 0.29) is 12.2 Å². The van der Waals surface area contributed by atoms with Crippen LogP contribution in [0.3, 0.4) is 0 Å². The van der Waals surface area contributed by atoms with Crippen molar-refractivity contribution in [3.05, 3.63) is 79.9 Å². The summed E-state index contributed by atoms with van der Waals surface area (Å²) in [6.45, 7) is 1.89. The average molecular weight is 405 g/mol. The number of benzene rings is 2. The first-order chi connectivity index (χ1) is 12.0. The average Bonchev–Trinajstić information content (AvgIpc) is 2.60. The summed E-state index contributed by atoms with van der Waals surface area (Å²) in [5.74, 6) is -1.22. The maximum absolute atomic E-state index is 13.3. The van der Waals surface area contributed by atoms with Crippen LogP contribution in [0.1, 0.15) is 28.4 Å². The van der Waals surface area contributed by atoms with Crippen LogP contribution in [0.15, 0.2) is 56.1 Å². The van der Waals surface area contributed by atoms with Crippen LogP contribution < -0.4 is 5.63 Å². The molecule has 0 atom stereocenters. The minimum Gasteiger partial charge on any atom is -0.457 e. The van der Waals surface area contributed by atoms with Gasteiger partial charge in [-0.3, -0.25) is 0 Å². The number of carbonyl (C=O) groups excluding carboxylic acids is 1. The summed E-state index contributed by atoms with van der Waals surface area (Å²) in [5.41, 5.74) is 1.59. The highest BCUT2D eigenvalue weighted by molar-refractivity contribution is 9.10. The van der Waals surface area contributed by atoms with Gasteiger partial charge in [-0.05, 0) is 52.2 Å². The fourth-order valence-corrected chi connectivity index (χ4v) is 2.90. The van der Waals surface area contributed by atoms with Crippen LogP contribution >= 0.6 is 15.9 Å². The Bertz CT molecular complexity index is 1010. The summed E-state index contributed by atoms with van der Waals surface area (Å²) in [4.78, 5) is 23.9. The Morgan fingerprint density at radius 3 is 2.76 bits per heavy atom. The third-order valence-electron chi connectivity index (χ3n) is 3.81. The van der Waals surface area contributed by atoms with Gasteiger partial charge in [0.25, 0.3) is 0 Å². The summed E-state index contributed by atoms with van der Waals surface area (Å²) in [6, 6.07) is 10.6. The molecule has 0 amide bonds. The van der Waals surface area contributed by atoms with Gasteiger partial charge in [0.05, 0.1) is 5.56 Å². The van der Waals surface area contributed by atoms with Crippen LogP contribution in [0.2, 0.25) is 0 Å². The summed E-state index contributed by atoms with van der Waals surface area (Å²) in [5, 5.41) is 0.697. The van der Waals surface area contributed by atoms with E-state index < -0.39 is 17.4 Å². The third kappa shape index (κ3) is 3.79. The van der Waals surface area contributed by atoms with E-state index in [0.717, 1.165) is 18.1 Å². The Hall–Kier alpha value is -2.47. The van der Waals surface area contributed by atoms with Crippen molar-refractivity contribution in [2.75, 3.05) is 0 Å². The van der Waals surface area contributed by atoms with E-state index in [1.54, 1.807) is 6.07 Å². The van der Waals surface area contributed by atoms with Crippen molar-refractivity contribution in [1.82, 2.24) is 0 Å². The van der Waals surface area contributed by atoms with Crippen LogP contribution in [0, 0.1) is 5.82 Å². The number of fused-ring (bicyclic) bond motifs is 1. The van der Waals surface area contributed by atoms with Crippen LogP contribution in [-0.2, 0) is 17.8 Å². The topological polar surface area (TPSA) is 56.5 Å². The Kier molecular flexibility index (Phi) is 4.99. The van der Waals surface area contributed by atoms with E-state index in [1.807, 2.05) is 19.1 Å². The molecule has 0 aliphatic heterocycles. The fourth-order valence-electron chi connectivity index (χ4n) is 2.49. The third-order valence-corrected chi connectivity index (χ3v) is 4.50. The first-order valence-corrected chi connectivity index (χ1v) is 8.45. The zero-order valence-electron chi connectivity index (χ0n) is 13.3. The van der Waals surface area contributed by atoms with Crippen molar-refractivity contribution < 1.29 is 18.3 Å². The molecular weight excluding hydrogens is 391 g/mol. The number of hydrogen-bond donors (Lipinski definition) is 0. The maximum atomic E-state index is 13.3. The Labute approximate surface area is 151 Å². The molecule has 0 unspecified atom stereocenters. The van der Waals surface area contributed by atoms with Crippen LogP contribution in [-0.4, -0.2) is 5.97 Å². The predicted molar refractivity (Wildman–Crippen MR) is 95.1 cm³/mol. The second-order valence-corrected chi connectivity index (χ2v) is 6.33. The molecule has 3 aromatic rings. The molecule has 0 N–H and O–H groups in total. The first kappa shape index (κ1) is 17.4. The molecule has 0 aliphatic carbocycles. The molecule has 3 rings (SSSR count). The summed E-state index contributed by atoms with van der Waals surface area (Å²) in [6.07, 6.45) is 0.812. The molecule has 25 heavy (non-hydrogen) atoms. The number of carbonyl (C=O) groups is 1. The van der Waals surface area contributed by atoms with Crippen LogP contribution in [0.5, 0.6) is 0 Å². The monoisotopic (exact) mass is 404 g/mol. The molecule has 1 aromatic heterocycles. The molecule has 0 radical (unpaired) electrons. The van der Waals surface area contributed by atoms with E-state index in [0.29, 0.717) is 21.0 Å². The quantitative estimate of drug-likeness (QED) is 0.470. The number of hydrogen-bond acceptors (Lipinski definition) is 4. The number of halogens is 2. The highest BCUT2D eigenvalue weighted by Crippen LogP contribution is 2.22. The second kappa shape index (κ2) is 7.19. The fraction of sp³-hybridized carbons (Fsp3) is 0.158. The van der Waals surface area contributed by atoms with E-state index in [9.17, 15) is 14.0 Å². The molecule has 2 aromatic carbocycles. The molecule has 0 fully saturated rings. The maximum Gasteiger partial charge on any atom is 0.339 e. The lowest BCUT2D eigenvalue weighted by Gasteiger charge is -2.09. The first-order valence-electron chi connectivity index (χ1n) is 7.65. The Morgan fingerprint density at radius 1 is 1.20 bits per heavy atom. The van der Waals surface area contributed by atoms with Gasteiger partial charge in [0.1, 0.15) is 18.0 Å². The minimum atomic E-state index is -0.682. The lowest BCUT2D eigenvalue weighted by molar-refractivity contribution is 0.0472. The normalized spacial score (nSPS) is 10.8. The zero-order chi connectivity index (χ0) is 18.0. The molecule has 1 heterocycles. The molecule has 6 heteroatoms. The van der Waals surface area contributed by atoms with Gasteiger partial charge in [0, 0.05) is 21.5 Å². The van der Waals surface area contributed by atoms with Gasteiger partial charge in [0.15, 0.2) is 0 Å². The van der Waals surface area contributed by atoms with E-state index in [1.165, 1.54) is 18.2 Å². The highest BCUT2D eigenvalue weighted by Gasteiger charge is 2.14. The number of rotatable bonds is 4. The largest absolute Gasteiger partial charge is 0.457 e. The molecular formula is C19H14BrFO4. The Balaban J connectivity index is 1.89. The van der Waals surface area contributed by atoms with Gasteiger partial charge >= 0.3 is 11.6 Å². The van der Waals surface area contributed by atoms with E-state index >= 15 is 0 Å². The summed E-state index contributed by atoms with van der Waals surface area (Å²) in [7, 11) is 0. The van der Waals surface area contributed by atoms with Gasteiger partial charge in [-0.25, -0.2) is 14.0 Å². The minimum absolute atomic E-state index is 0.0838. The summed E-state index contributed by atoms with van der Waals surface area (Å²) >= 11 is 3.19. The second-order valence-electron chi connectivity index (χ2n) is 5.48. The van der Waals surface area contributed by atoms with E-state index in [4.69, 9.17) is 9.15 Å². The van der Waals surface area contributed by atoms with Crippen molar-refractivity contribution >= 4 is 32.9 Å². The molecule has 0 saturated carbocycles. The highest BCUT2D eigenvalue weighted by atomic mass is 79.9. The van der Waals surface area contributed by atoms with Gasteiger partial charge in [0.2, 0.25) is 0 Å². The van der Waals surface area contributed by atoms with Gasteiger partial charge in [-0.2, -0.15) is 0 Å². The smallest absolute Gasteiger partial charge is 0.339 e. The molecule has 0 bridgehead atoms. The predicted octanol–water partition coefficient (Wildman–Crippen LogP) is 4.61. The van der Waals surface area contributed by atoms with Crippen LogP contribution in [0.25, 0.3) is 11.0 Å². The molecule has 128 valence electrons. The molecule has 0 spiro atoms. The van der Waals surface area contributed by atoms with Crippen molar-refractivity contribution in [2.24, 2.45) is 0 Å². The van der Waals surface area contributed by atoms with Gasteiger partial charge in [-0.15, -0.1) is 0 Å². The number of esters is 1. The van der Waals surface area contributed by atoms with Gasteiger partial charge in [-0.1, -0.05) is 19.1 Å². The SMILES string of the molecule is CCc1ccc2c(COC(=O)c3cc(F)ccc3Br)cc(=O)oc2c1. The number of ether oxygens (including phenoxy) is 1. The lowest BCUT2D eigenvalue weighted by Crippen LogP contribution is -2.09. The summed E-state index contributed by atoms with van der Waals surface area (Å²) < 4.78 is 24.2. The van der Waals surface area contributed by atoms with Gasteiger partial charge < -0.3 is 9.15 Å². The molecule has 4 nitrogen and oxygen atoms in total. The van der Waals surface area contributed by atoms with Crippen molar-refractivity contribution in [2.45, 2.75) is 20.0 Å². The lowest BCUT2D eigenvalue weighted by atomic mass is 10.1. The zero-order valence-corrected chi connectivity index (χ0v) is 14.9. The molecule has 0 saturated heterocycles. The molecule has 0 aliphatic rings. The number of aryl methyl sites for hydroxylation is 1. The van der Waals surface area contributed by atoms with Crippen molar-refractivity contribution in [1.29, 1.82) is 0 Å². The standard InChI is InChI=1S/C19H14BrFO4/c1-2-11-3-5-14-12(8-18(22)25-17(14)7-11)10-24-19(23)15-9-13(21)4-6-16(15)20/h3-9H,2,10H2,1H3. The Morgan fingerprint density at radius 2 is 2.00 bits per heavy atom. The van der Waals surface area contributed by atoms with E-state index in [2.05, 4.69) is 15.9 Å².